The van der Waals surface area contributed by atoms with E-state index in [9.17, 15) is 9.59 Å². The summed E-state index contributed by atoms with van der Waals surface area (Å²) < 4.78 is 7.93. The van der Waals surface area contributed by atoms with Crippen molar-refractivity contribution in [1.82, 2.24) is 19.7 Å². The van der Waals surface area contributed by atoms with Crippen LogP contribution in [-0.4, -0.2) is 58.9 Å². The lowest BCUT2D eigenvalue weighted by molar-refractivity contribution is -0.133. The Hall–Kier alpha value is -2.54. The van der Waals surface area contributed by atoms with Gasteiger partial charge in [0.15, 0.2) is 5.76 Å². The van der Waals surface area contributed by atoms with Crippen LogP contribution in [0, 0.1) is 5.92 Å². The number of furan rings is 1. The van der Waals surface area contributed by atoms with Gasteiger partial charge in [0.25, 0.3) is 5.91 Å². The fraction of sp³-hybridized carbons (Fsp3) is 0.600. The largest absolute Gasteiger partial charge is 0.454 e. The Balaban J connectivity index is 1.30. The van der Waals surface area contributed by atoms with Crippen LogP contribution in [-0.2, 0) is 17.9 Å². The van der Waals surface area contributed by atoms with E-state index in [0.717, 1.165) is 56.9 Å². The van der Waals surface area contributed by atoms with Gasteiger partial charge in [0, 0.05) is 37.4 Å². The Morgan fingerprint density at radius 1 is 1.16 bits per heavy atom. The molecule has 0 spiro atoms. The lowest BCUT2D eigenvalue weighted by atomic mass is 10.1. The van der Waals surface area contributed by atoms with E-state index in [1.165, 1.54) is 19.3 Å². The Kier molecular flexibility index (Phi) is 7.68. The van der Waals surface area contributed by atoms with E-state index in [-0.39, 0.29) is 17.7 Å². The van der Waals surface area contributed by atoms with Gasteiger partial charge in [-0.15, -0.1) is 0 Å². The monoisotopic (exact) mass is 440 g/mol. The fourth-order valence-electron chi connectivity index (χ4n) is 4.42. The number of nitrogens with one attached hydrogen (secondary N) is 1. The third kappa shape index (κ3) is 6.03. The maximum Gasteiger partial charge on any atom is 0.287 e. The first kappa shape index (κ1) is 22.6. The molecule has 0 bridgehead atoms. The number of nitrogens with zero attached hydrogens (tertiary/aromatic N) is 3. The summed E-state index contributed by atoms with van der Waals surface area (Å²) in [6.07, 6.45) is 8.82. The minimum Gasteiger partial charge on any atom is -0.454 e. The van der Waals surface area contributed by atoms with E-state index >= 15 is 0 Å². The fourth-order valence-corrected chi connectivity index (χ4v) is 4.42. The summed E-state index contributed by atoms with van der Waals surface area (Å²) in [6, 6.07) is 7.66. The summed E-state index contributed by atoms with van der Waals surface area (Å²) in [5.74, 6) is 1.43. The first-order valence-electron chi connectivity index (χ1n) is 12.2. The average molecular weight is 441 g/mol. The molecule has 2 aromatic heterocycles. The zero-order valence-electron chi connectivity index (χ0n) is 19.2. The van der Waals surface area contributed by atoms with Crippen molar-refractivity contribution in [3.8, 4) is 0 Å². The summed E-state index contributed by atoms with van der Waals surface area (Å²) >= 11 is 0. The van der Waals surface area contributed by atoms with Gasteiger partial charge in [-0.25, -0.2) is 0 Å². The zero-order valence-corrected chi connectivity index (χ0v) is 19.2. The van der Waals surface area contributed by atoms with Gasteiger partial charge in [-0.3, -0.25) is 9.59 Å². The first-order valence-corrected chi connectivity index (χ1v) is 12.2. The second-order valence-electron chi connectivity index (χ2n) is 9.09. The quantitative estimate of drug-likeness (QED) is 0.581. The van der Waals surface area contributed by atoms with Gasteiger partial charge >= 0.3 is 0 Å². The van der Waals surface area contributed by atoms with Crippen LogP contribution >= 0.6 is 0 Å². The van der Waals surface area contributed by atoms with Crippen molar-refractivity contribution in [3.63, 3.8) is 0 Å². The molecule has 1 aliphatic carbocycles. The predicted molar refractivity (Wildman–Crippen MR) is 123 cm³/mol. The van der Waals surface area contributed by atoms with E-state index < -0.39 is 0 Å². The Bertz CT molecular complexity index is 893. The maximum atomic E-state index is 12.6. The molecule has 2 fully saturated rings. The molecule has 4 rings (SSSR count). The summed E-state index contributed by atoms with van der Waals surface area (Å²) in [5, 5.41) is 2.97. The second kappa shape index (κ2) is 10.9. The topological polar surface area (TPSA) is 70.7 Å². The van der Waals surface area contributed by atoms with Gasteiger partial charge in [0.2, 0.25) is 5.91 Å². The van der Waals surface area contributed by atoms with Crippen LogP contribution in [0.2, 0.25) is 0 Å². The van der Waals surface area contributed by atoms with Crippen molar-refractivity contribution in [2.24, 2.45) is 5.92 Å². The molecule has 0 aromatic carbocycles. The third-order valence-electron chi connectivity index (χ3n) is 6.38. The number of aromatic nitrogens is 1. The number of likely N-dealkylation sites (tertiary alicyclic amines) is 1. The molecule has 7 nitrogen and oxygen atoms in total. The van der Waals surface area contributed by atoms with Gasteiger partial charge in [0.05, 0.1) is 13.1 Å². The molecule has 1 saturated carbocycles. The van der Waals surface area contributed by atoms with Gasteiger partial charge in [-0.05, 0) is 69.5 Å². The minimum absolute atomic E-state index is 0.162. The van der Waals surface area contributed by atoms with Crippen molar-refractivity contribution >= 4 is 11.8 Å². The van der Waals surface area contributed by atoms with Gasteiger partial charge in [-0.1, -0.05) is 13.3 Å². The van der Waals surface area contributed by atoms with E-state index in [2.05, 4.69) is 27.8 Å². The number of hydrogen-bond acceptors (Lipinski definition) is 4. The van der Waals surface area contributed by atoms with Crippen molar-refractivity contribution in [3.05, 3.63) is 47.7 Å². The maximum absolute atomic E-state index is 12.6. The number of hydrogen-bond donors (Lipinski definition) is 1. The van der Waals surface area contributed by atoms with Crippen LogP contribution in [0.4, 0.5) is 0 Å². The van der Waals surface area contributed by atoms with Gasteiger partial charge in [0.1, 0.15) is 5.76 Å². The Labute approximate surface area is 190 Å². The lowest BCUT2D eigenvalue weighted by Crippen LogP contribution is -2.37. The number of carbonyl (C=O) groups is 2. The highest BCUT2D eigenvalue weighted by Gasteiger charge is 2.33. The second-order valence-corrected chi connectivity index (χ2v) is 9.09. The summed E-state index contributed by atoms with van der Waals surface area (Å²) in [7, 11) is 0. The van der Waals surface area contributed by atoms with E-state index in [0.29, 0.717) is 25.4 Å². The molecule has 3 heterocycles. The molecule has 1 saturated heterocycles. The molecule has 2 aliphatic rings. The van der Waals surface area contributed by atoms with Crippen LogP contribution < -0.4 is 5.32 Å². The normalized spacial score (nSPS) is 16.8. The highest BCUT2D eigenvalue weighted by atomic mass is 16.4. The lowest BCUT2D eigenvalue weighted by Gasteiger charge is -2.26. The highest BCUT2D eigenvalue weighted by Crippen LogP contribution is 2.31. The van der Waals surface area contributed by atoms with Crippen LogP contribution in [0.15, 0.2) is 34.9 Å². The summed E-state index contributed by atoms with van der Waals surface area (Å²) in [6.45, 7) is 7.82. The molecular weight excluding hydrogens is 404 g/mol. The van der Waals surface area contributed by atoms with Crippen LogP contribution in [0.25, 0.3) is 0 Å². The molecular formula is C25H36N4O3. The van der Waals surface area contributed by atoms with E-state index in [1.54, 1.807) is 6.07 Å². The molecule has 2 aromatic rings. The standard InChI is InChI=1S/C25H36N4O3/c1-2-13-29(25(31)20-8-9-20)18-21-7-6-16-28(21)19-22-10-11-23(32-22)24(30)26-12-17-27-14-4-3-5-15-27/h6-7,10-11,16,20H,2-5,8-9,12-15,17-19H2,1H3,(H,26,30). The third-order valence-corrected chi connectivity index (χ3v) is 6.38. The SMILES string of the molecule is CCCN(Cc1cccn1Cc1ccc(C(=O)NCCN2CCCCC2)o1)C(=O)C1CC1. The number of rotatable bonds is 11. The molecule has 174 valence electrons. The molecule has 0 radical (unpaired) electrons. The molecule has 1 N–H and O–H groups in total. The molecule has 32 heavy (non-hydrogen) atoms. The Morgan fingerprint density at radius 2 is 1.97 bits per heavy atom. The number of amides is 2. The molecule has 1 aliphatic heterocycles. The van der Waals surface area contributed by atoms with Crippen molar-refractivity contribution in [2.75, 3.05) is 32.7 Å². The van der Waals surface area contributed by atoms with Crippen LogP contribution in [0.5, 0.6) is 0 Å². The van der Waals surface area contributed by atoms with Crippen molar-refractivity contribution < 1.29 is 14.0 Å². The highest BCUT2D eigenvalue weighted by molar-refractivity contribution is 5.91. The van der Waals surface area contributed by atoms with Crippen LogP contribution in [0.3, 0.4) is 0 Å². The van der Waals surface area contributed by atoms with Crippen molar-refractivity contribution in [1.29, 1.82) is 0 Å². The number of carbonyl (C=O) groups excluding carboxylic acids is 2. The first-order chi connectivity index (χ1) is 15.6. The minimum atomic E-state index is -0.162. The van der Waals surface area contributed by atoms with Crippen molar-refractivity contribution in [2.45, 2.75) is 58.5 Å². The molecule has 0 atom stereocenters. The zero-order chi connectivity index (χ0) is 22.3. The van der Waals surface area contributed by atoms with Gasteiger partial charge in [-0.2, -0.15) is 0 Å². The smallest absolute Gasteiger partial charge is 0.287 e. The summed E-state index contributed by atoms with van der Waals surface area (Å²) in [5.41, 5.74) is 1.08. The number of piperidine rings is 1. The molecule has 0 unspecified atom stereocenters. The Morgan fingerprint density at radius 3 is 2.72 bits per heavy atom. The molecule has 7 heteroatoms. The van der Waals surface area contributed by atoms with E-state index in [4.69, 9.17) is 4.42 Å². The van der Waals surface area contributed by atoms with E-state index in [1.807, 2.05) is 23.2 Å². The average Bonchev–Trinajstić information content (AvgIpc) is 3.40. The molecule has 2 amide bonds. The van der Waals surface area contributed by atoms with Gasteiger partial charge < -0.3 is 24.1 Å². The predicted octanol–water partition coefficient (Wildman–Crippen LogP) is 3.49. The summed E-state index contributed by atoms with van der Waals surface area (Å²) in [4.78, 5) is 29.4. The van der Waals surface area contributed by atoms with Crippen LogP contribution in [0.1, 0.15) is 67.5 Å².